The van der Waals surface area contributed by atoms with Gasteiger partial charge in [0.15, 0.2) is 0 Å². The first-order chi connectivity index (χ1) is 12.0. The lowest BCUT2D eigenvalue weighted by molar-refractivity contribution is 0.185. The quantitative estimate of drug-likeness (QED) is 0.829. The molecule has 0 aliphatic carbocycles. The van der Waals surface area contributed by atoms with Crippen LogP contribution >= 0.6 is 15.9 Å². The minimum absolute atomic E-state index is 0.138. The summed E-state index contributed by atoms with van der Waals surface area (Å²) in [6, 6.07) is 8.51. The predicted octanol–water partition coefficient (Wildman–Crippen LogP) is 3.39. The molecule has 0 spiro atoms. The van der Waals surface area contributed by atoms with Gasteiger partial charge in [-0.15, -0.1) is 0 Å². The molecule has 1 aliphatic rings. The number of likely N-dealkylation sites (tertiary alicyclic amines) is 1. The minimum atomic E-state index is -0.138. The largest absolute Gasteiger partial charge is 0.379 e. The van der Waals surface area contributed by atoms with Gasteiger partial charge in [-0.1, -0.05) is 31.2 Å². The highest BCUT2D eigenvalue weighted by Crippen LogP contribution is 2.21. The van der Waals surface area contributed by atoms with Crippen LogP contribution in [-0.4, -0.2) is 27.8 Å². The summed E-state index contributed by atoms with van der Waals surface area (Å²) in [6.45, 7) is 6.35. The van der Waals surface area contributed by atoms with Crippen LogP contribution < -0.4 is 10.9 Å². The number of anilines is 1. The molecule has 2 heterocycles. The van der Waals surface area contributed by atoms with E-state index in [0.29, 0.717) is 11.0 Å². The molecule has 0 unspecified atom stereocenters. The smallest absolute Gasteiger partial charge is 0.282 e. The van der Waals surface area contributed by atoms with Crippen LogP contribution in [0.5, 0.6) is 0 Å². The number of halogens is 1. The number of nitrogens with one attached hydrogen (secondary N) is 1. The average molecular weight is 405 g/mol. The topological polar surface area (TPSA) is 50.2 Å². The first-order valence-corrected chi connectivity index (χ1v) is 9.58. The van der Waals surface area contributed by atoms with E-state index in [1.165, 1.54) is 41.7 Å². The van der Waals surface area contributed by atoms with Gasteiger partial charge in [0.1, 0.15) is 4.47 Å². The first kappa shape index (κ1) is 18.1. The number of hydrogen-bond acceptors (Lipinski definition) is 4. The summed E-state index contributed by atoms with van der Waals surface area (Å²) in [5.41, 5.74) is 3.19. The van der Waals surface area contributed by atoms with Gasteiger partial charge < -0.3 is 5.32 Å². The summed E-state index contributed by atoms with van der Waals surface area (Å²) >= 11 is 3.36. The van der Waals surface area contributed by atoms with E-state index in [4.69, 9.17) is 0 Å². The molecule has 0 atom stereocenters. The fourth-order valence-corrected chi connectivity index (χ4v) is 3.67. The molecule has 6 heteroatoms. The van der Waals surface area contributed by atoms with Crippen LogP contribution in [0.3, 0.4) is 0 Å². The van der Waals surface area contributed by atoms with Gasteiger partial charge in [-0.05, 0) is 58.9 Å². The third-order valence-corrected chi connectivity index (χ3v) is 5.70. The number of aromatic nitrogens is 2. The Balaban J connectivity index is 1.69. The van der Waals surface area contributed by atoms with Crippen molar-refractivity contribution in [1.82, 2.24) is 14.7 Å². The average Bonchev–Trinajstić information content (AvgIpc) is 2.62. The lowest BCUT2D eigenvalue weighted by Crippen LogP contribution is -2.32. The summed E-state index contributed by atoms with van der Waals surface area (Å²) in [6.07, 6.45) is 4.25. The van der Waals surface area contributed by atoms with Crippen LogP contribution in [0.1, 0.15) is 30.9 Å². The van der Waals surface area contributed by atoms with E-state index in [1.54, 1.807) is 13.2 Å². The van der Waals surface area contributed by atoms with E-state index >= 15 is 0 Å². The van der Waals surface area contributed by atoms with Crippen molar-refractivity contribution in [1.29, 1.82) is 0 Å². The van der Waals surface area contributed by atoms with Crippen LogP contribution in [0.2, 0.25) is 0 Å². The van der Waals surface area contributed by atoms with Crippen molar-refractivity contribution in [2.75, 3.05) is 18.4 Å². The van der Waals surface area contributed by atoms with Gasteiger partial charge in [0.2, 0.25) is 0 Å². The van der Waals surface area contributed by atoms with Crippen LogP contribution in [-0.2, 0) is 20.1 Å². The Hall–Kier alpha value is -1.66. The third kappa shape index (κ3) is 4.50. The van der Waals surface area contributed by atoms with Crippen molar-refractivity contribution in [3.63, 3.8) is 0 Å². The zero-order chi connectivity index (χ0) is 17.8. The maximum Gasteiger partial charge on any atom is 0.282 e. The molecule has 0 amide bonds. The summed E-state index contributed by atoms with van der Waals surface area (Å²) in [7, 11) is 1.64. The second-order valence-corrected chi connectivity index (χ2v) is 7.67. The lowest BCUT2D eigenvalue weighted by Gasteiger charge is -2.30. The number of piperidine rings is 1. The molecular weight excluding hydrogens is 380 g/mol. The maximum absolute atomic E-state index is 12.0. The van der Waals surface area contributed by atoms with Gasteiger partial charge in [0.25, 0.3) is 5.56 Å². The summed E-state index contributed by atoms with van der Waals surface area (Å²) in [4.78, 5) is 14.5. The molecule has 5 nitrogen and oxygen atoms in total. The van der Waals surface area contributed by atoms with Crippen LogP contribution in [0, 0.1) is 5.92 Å². The van der Waals surface area contributed by atoms with Gasteiger partial charge in [-0.2, -0.15) is 5.10 Å². The molecule has 1 fully saturated rings. The Labute approximate surface area is 157 Å². The Morgan fingerprint density at radius 3 is 2.64 bits per heavy atom. The summed E-state index contributed by atoms with van der Waals surface area (Å²) in [5, 5.41) is 7.42. The highest BCUT2D eigenvalue weighted by atomic mass is 79.9. The Bertz CT molecular complexity index is 781. The zero-order valence-corrected chi connectivity index (χ0v) is 16.4. The predicted molar refractivity (Wildman–Crippen MR) is 105 cm³/mol. The van der Waals surface area contributed by atoms with E-state index in [0.717, 1.165) is 18.2 Å². The van der Waals surface area contributed by atoms with E-state index in [9.17, 15) is 4.79 Å². The second-order valence-electron chi connectivity index (χ2n) is 6.88. The van der Waals surface area contributed by atoms with Gasteiger partial charge in [0, 0.05) is 20.1 Å². The minimum Gasteiger partial charge on any atom is -0.379 e. The molecule has 0 radical (unpaired) electrons. The zero-order valence-electron chi connectivity index (χ0n) is 14.8. The molecule has 1 aromatic carbocycles. The molecular formula is C19H25BrN4O. The van der Waals surface area contributed by atoms with E-state index in [1.807, 2.05) is 0 Å². The Kier molecular flexibility index (Phi) is 5.91. The van der Waals surface area contributed by atoms with Crippen molar-refractivity contribution < 1.29 is 0 Å². The van der Waals surface area contributed by atoms with Gasteiger partial charge in [-0.3, -0.25) is 9.69 Å². The lowest BCUT2D eigenvalue weighted by atomic mass is 9.98. The van der Waals surface area contributed by atoms with Crippen molar-refractivity contribution >= 4 is 21.6 Å². The highest BCUT2D eigenvalue weighted by Gasteiger charge is 2.16. The summed E-state index contributed by atoms with van der Waals surface area (Å²) < 4.78 is 1.84. The van der Waals surface area contributed by atoms with E-state index in [2.05, 4.69) is 62.4 Å². The third-order valence-electron chi connectivity index (χ3n) is 4.94. The van der Waals surface area contributed by atoms with E-state index in [-0.39, 0.29) is 5.56 Å². The van der Waals surface area contributed by atoms with Crippen molar-refractivity contribution in [2.45, 2.75) is 32.9 Å². The van der Waals surface area contributed by atoms with Crippen LogP contribution in [0.25, 0.3) is 0 Å². The standard InChI is InChI=1S/C19H25BrN4O/c1-14-7-9-24(10-8-14)13-16-6-4-3-5-15(16)11-21-17-12-22-23(2)19(25)18(17)20/h3-6,12,14,21H,7-11,13H2,1-2H3. The van der Waals surface area contributed by atoms with Crippen molar-refractivity contribution in [2.24, 2.45) is 13.0 Å². The number of benzene rings is 1. The van der Waals surface area contributed by atoms with Gasteiger partial charge in [0.05, 0.1) is 11.9 Å². The highest BCUT2D eigenvalue weighted by molar-refractivity contribution is 9.10. The fourth-order valence-electron chi connectivity index (χ4n) is 3.17. The number of aryl methyl sites for hydroxylation is 1. The maximum atomic E-state index is 12.0. The normalized spacial score (nSPS) is 16.1. The van der Waals surface area contributed by atoms with E-state index < -0.39 is 0 Å². The fraction of sp³-hybridized carbons (Fsp3) is 0.474. The Morgan fingerprint density at radius 2 is 1.92 bits per heavy atom. The Morgan fingerprint density at radius 1 is 1.24 bits per heavy atom. The van der Waals surface area contributed by atoms with Gasteiger partial charge in [-0.25, -0.2) is 4.68 Å². The molecule has 0 saturated carbocycles. The first-order valence-electron chi connectivity index (χ1n) is 8.79. The molecule has 0 bridgehead atoms. The molecule has 2 aromatic rings. The van der Waals surface area contributed by atoms with Crippen molar-refractivity contribution in [3.05, 3.63) is 56.4 Å². The van der Waals surface area contributed by atoms with Crippen LogP contribution in [0.15, 0.2) is 39.7 Å². The van der Waals surface area contributed by atoms with Crippen molar-refractivity contribution in [3.8, 4) is 0 Å². The number of rotatable bonds is 5. The molecule has 1 aliphatic heterocycles. The molecule has 1 N–H and O–H groups in total. The van der Waals surface area contributed by atoms with Crippen LogP contribution in [0.4, 0.5) is 5.69 Å². The SMILES string of the molecule is CC1CCN(Cc2ccccc2CNc2cnn(C)c(=O)c2Br)CC1. The molecule has 3 rings (SSSR count). The molecule has 1 aromatic heterocycles. The number of nitrogens with zero attached hydrogens (tertiary/aromatic N) is 3. The monoisotopic (exact) mass is 404 g/mol. The molecule has 1 saturated heterocycles. The second kappa shape index (κ2) is 8.15. The molecule has 25 heavy (non-hydrogen) atoms. The summed E-state index contributed by atoms with van der Waals surface area (Å²) in [5.74, 6) is 0.846. The molecule has 134 valence electrons. The van der Waals surface area contributed by atoms with Gasteiger partial charge >= 0.3 is 0 Å². The number of hydrogen-bond donors (Lipinski definition) is 1.